The van der Waals surface area contributed by atoms with Crippen LogP contribution in [0.5, 0.6) is 0 Å². The second-order valence-corrected chi connectivity index (χ2v) is 10.4. The SMILES string of the molecule is CC.CC/C=C(/C)CSC(C)c1ccc(F)cc1.CCCCCOC.CCCOC(=O)c1ccc(C)c(C)c1. The molecule has 0 saturated carbocycles. The maximum absolute atomic E-state index is 12.7. The van der Waals surface area contributed by atoms with E-state index in [1.165, 1.54) is 48.1 Å². The standard InChI is InChI=1S/C14H19FS.C12H16O2.C6H14O.C2H6/c1-4-5-11(2)10-16-12(3)13-6-8-14(15)9-7-13;1-4-7-14-12(13)11-6-5-9(2)10(3)8-11;1-3-4-5-6-7-2;1-2/h5-9,12H,4,10H2,1-3H3;5-6,8H,4,7H2,1-3H3;3-6H2,1-2H3;1-2H3/b11-5-;;;. The van der Waals surface area contributed by atoms with Crippen molar-refractivity contribution in [1.82, 2.24) is 0 Å². The highest BCUT2D eigenvalue weighted by atomic mass is 32.2. The zero-order valence-corrected chi connectivity index (χ0v) is 27.2. The Morgan fingerprint density at radius 1 is 0.949 bits per heavy atom. The fourth-order valence-corrected chi connectivity index (χ4v) is 4.12. The van der Waals surface area contributed by atoms with E-state index in [1.807, 2.05) is 70.6 Å². The van der Waals surface area contributed by atoms with Crippen molar-refractivity contribution in [2.24, 2.45) is 0 Å². The third-order valence-corrected chi connectivity index (χ3v) is 6.98. The Morgan fingerprint density at radius 2 is 1.59 bits per heavy atom. The Hall–Kier alpha value is -2.11. The Balaban J connectivity index is 0. The topological polar surface area (TPSA) is 35.5 Å². The van der Waals surface area contributed by atoms with Gasteiger partial charge in [0.2, 0.25) is 0 Å². The summed E-state index contributed by atoms with van der Waals surface area (Å²) in [6.45, 7) is 20.1. The minimum absolute atomic E-state index is 0.164. The third kappa shape index (κ3) is 20.5. The molecule has 0 aliphatic heterocycles. The van der Waals surface area contributed by atoms with Gasteiger partial charge in [-0.15, -0.1) is 11.8 Å². The van der Waals surface area contributed by atoms with E-state index in [-0.39, 0.29) is 11.8 Å². The molecule has 2 aromatic rings. The van der Waals surface area contributed by atoms with Gasteiger partial charge < -0.3 is 9.47 Å². The number of hydrogen-bond donors (Lipinski definition) is 0. The smallest absolute Gasteiger partial charge is 0.338 e. The molecule has 2 rings (SSSR count). The van der Waals surface area contributed by atoms with Crippen molar-refractivity contribution in [3.05, 3.63) is 82.2 Å². The van der Waals surface area contributed by atoms with Gasteiger partial charge in [0, 0.05) is 24.7 Å². The summed E-state index contributed by atoms with van der Waals surface area (Å²) in [5.41, 5.74) is 5.56. The minimum Gasteiger partial charge on any atom is -0.462 e. The fourth-order valence-electron chi connectivity index (χ4n) is 3.14. The zero-order valence-electron chi connectivity index (χ0n) is 26.4. The van der Waals surface area contributed by atoms with Gasteiger partial charge in [-0.05, 0) is 87.9 Å². The van der Waals surface area contributed by atoms with Crippen LogP contribution in [0.25, 0.3) is 0 Å². The number of hydrogen-bond acceptors (Lipinski definition) is 4. The van der Waals surface area contributed by atoms with Crippen LogP contribution < -0.4 is 0 Å². The molecule has 222 valence electrons. The van der Waals surface area contributed by atoms with Crippen LogP contribution in [0.1, 0.15) is 113 Å². The Kier molecular flexibility index (Phi) is 26.2. The van der Waals surface area contributed by atoms with Crippen LogP contribution in [0.2, 0.25) is 0 Å². The highest BCUT2D eigenvalue weighted by Gasteiger charge is 2.07. The highest BCUT2D eigenvalue weighted by Crippen LogP contribution is 2.29. The van der Waals surface area contributed by atoms with Gasteiger partial charge in [0.15, 0.2) is 0 Å². The predicted molar refractivity (Wildman–Crippen MR) is 171 cm³/mol. The molecule has 0 spiro atoms. The number of methoxy groups -OCH3 is 1. The van der Waals surface area contributed by atoms with Crippen molar-refractivity contribution in [3.63, 3.8) is 0 Å². The lowest BCUT2D eigenvalue weighted by Gasteiger charge is -2.11. The van der Waals surface area contributed by atoms with Crippen molar-refractivity contribution in [2.75, 3.05) is 26.1 Å². The minimum atomic E-state index is -0.227. The lowest BCUT2D eigenvalue weighted by Crippen LogP contribution is -2.06. The van der Waals surface area contributed by atoms with E-state index in [9.17, 15) is 9.18 Å². The van der Waals surface area contributed by atoms with Crippen LogP contribution >= 0.6 is 11.8 Å². The summed E-state index contributed by atoms with van der Waals surface area (Å²) in [5.74, 6) is 0.657. The molecule has 0 aliphatic carbocycles. The first-order valence-electron chi connectivity index (χ1n) is 14.5. The van der Waals surface area contributed by atoms with Crippen LogP contribution in [0, 0.1) is 19.7 Å². The molecule has 1 atom stereocenters. The molecule has 0 bridgehead atoms. The number of halogens is 1. The summed E-state index contributed by atoms with van der Waals surface area (Å²) in [6, 6.07) is 12.4. The monoisotopic (exact) mass is 562 g/mol. The molecule has 0 amide bonds. The summed E-state index contributed by atoms with van der Waals surface area (Å²) in [4.78, 5) is 11.4. The number of carbonyl (C=O) groups excluding carboxylic acids is 1. The first-order valence-corrected chi connectivity index (χ1v) is 15.5. The molecule has 5 heteroatoms. The average molecular weight is 563 g/mol. The normalized spacial score (nSPS) is 11.1. The molecule has 0 fully saturated rings. The van der Waals surface area contributed by atoms with Gasteiger partial charge in [-0.2, -0.15) is 0 Å². The number of aryl methyl sites for hydroxylation is 2. The van der Waals surface area contributed by atoms with Crippen LogP contribution in [0.4, 0.5) is 4.39 Å². The number of ether oxygens (including phenoxy) is 2. The molecule has 2 aromatic carbocycles. The van der Waals surface area contributed by atoms with Gasteiger partial charge in [-0.3, -0.25) is 0 Å². The molecule has 39 heavy (non-hydrogen) atoms. The molecule has 3 nitrogen and oxygen atoms in total. The summed E-state index contributed by atoms with van der Waals surface area (Å²) in [7, 11) is 1.75. The summed E-state index contributed by atoms with van der Waals surface area (Å²) in [5, 5.41) is 0.417. The molecule has 0 saturated heterocycles. The van der Waals surface area contributed by atoms with E-state index in [1.54, 1.807) is 13.2 Å². The first-order chi connectivity index (χ1) is 18.7. The lowest BCUT2D eigenvalue weighted by molar-refractivity contribution is 0.0505. The van der Waals surface area contributed by atoms with Crippen molar-refractivity contribution < 1.29 is 18.7 Å². The quantitative estimate of drug-likeness (QED) is 0.146. The molecule has 0 aromatic heterocycles. The van der Waals surface area contributed by atoms with E-state index in [0.717, 1.165) is 30.8 Å². The Morgan fingerprint density at radius 3 is 2.10 bits per heavy atom. The summed E-state index contributed by atoms with van der Waals surface area (Å²) >= 11 is 1.89. The van der Waals surface area contributed by atoms with Gasteiger partial charge in [0.25, 0.3) is 0 Å². The molecule has 0 heterocycles. The second kappa shape index (κ2) is 26.1. The summed E-state index contributed by atoms with van der Waals surface area (Å²) in [6.07, 6.45) is 8.00. The maximum Gasteiger partial charge on any atom is 0.338 e. The predicted octanol–water partition coefficient (Wildman–Crippen LogP) is 10.7. The molecule has 0 radical (unpaired) electrons. The third-order valence-electron chi connectivity index (χ3n) is 5.58. The van der Waals surface area contributed by atoms with E-state index >= 15 is 0 Å². The first kappa shape index (κ1) is 39.0. The van der Waals surface area contributed by atoms with E-state index in [0.29, 0.717) is 17.4 Å². The van der Waals surface area contributed by atoms with E-state index in [2.05, 4.69) is 33.8 Å². The number of thioether (sulfide) groups is 1. The number of esters is 1. The van der Waals surface area contributed by atoms with E-state index in [4.69, 9.17) is 9.47 Å². The number of unbranched alkanes of at least 4 members (excludes halogenated alkanes) is 2. The largest absolute Gasteiger partial charge is 0.462 e. The molecule has 0 aliphatic rings. The second-order valence-electron chi connectivity index (χ2n) is 9.10. The van der Waals surface area contributed by atoms with Crippen molar-refractivity contribution in [1.29, 1.82) is 0 Å². The number of carbonyl (C=O) groups is 1. The van der Waals surface area contributed by atoms with Gasteiger partial charge in [0.1, 0.15) is 5.82 Å². The van der Waals surface area contributed by atoms with Crippen molar-refractivity contribution >= 4 is 17.7 Å². The van der Waals surface area contributed by atoms with Gasteiger partial charge in [-0.1, -0.05) is 77.3 Å². The van der Waals surface area contributed by atoms with Gasteiger partial charge in [-0.25, -0.2) is 9.18 Å². The van der Waals surface area contributed by atoms with E-state index < -0.39 is 0 Å². The number of rotatable bonds is 12. The lowest BCUT2D eigenvalue weighted by atomic mass is 10.1. The summed E-state index contributed by atoms with van der Waals surface area (Å²) < 4.78 is 22.6. The highest BCUT2D eigenvalue weighted by molar-refractivity contribution is 7.99. The zero-order chi connectivity index (χ0) is 30.1. The Bertz CT molecular complexity index is 890. The van der Waals surface area contributed by atoms with Crippen molar-refractivity contribution in [3.8, 4) is 0 Å². The van der Waals surface area contributed by atoms with Crippen LogP contribution in [-0.2, 0) is 9.47 Å². The average Bonchev–Trinajstić information content (AvgIpc) is 2.94. The van der Waals surface area contributed by atoms with Gasteiger partial charge in [0.05, 0.1) is 12.2 Å². The molecule has 1 unspecified atom stereocenters. The Labute approximate surface area is 244 Å². The van der Waals surface area contributed by atoms with Crippen LogP contribution in [0.3, 0.4) is 0 Å². The molecular formula is C34H55FO3S. The van der Waals surface area contributed by atoms with Gasteiger partial charge >= 0.3 is 5.97 Å². The number of allylic oxidation sites excluding steroid dienone is 1. The maximum atomic E-state index is 12.7. The molecule has 0 N–H and O–H groups in total. The van der Waals surface area contributed by atoms with Crippen LogP contribution in [0.15, 0.2) is 54.1 Å². The number of benzene rings is 2. The van der Waals surface area contributed by atoms with Crippen molar-refractivity contribution in [2.45, 2.75) is 99.7 Å². The van der Waals surface area contributed by atoms with Crippen LogP contribution in [-0.4, -0.2) is 32.0 Å². The fraction of sp³-hybridized carbons (Fsp3) is 0.559. The molecular weight excluding hydrogens is 507 g/mol.